The summed E-state index contributed by atoms with van der Waals surface area (Å²) in [7, 11) is 0. The number of rotatable bonds is 6. The summed E-state index contributed by atoms with van der Waals surface area (Å²) in [5, 5.41) is 0. The lowest BCUT2D eigenvalue weighted by Crippen LogP contribution is -2.27. The Bertz CT molecular complexity index is 1040. The molecule has 2 heterocycles. The highest BCUT2D eigenvalue weighted by atomic mass is 19.1. The molecule has 30 heavy (non-hydrogen) atoms. The first kappa shape index (κ1) is 20.2. The lowest BCUT2D eigenvalue weighted by molar-refractivity contribution is -0.108. The van der Waals surface area contributed by atoms with Crippen molar-refractivity contribution in [2.75, 3.05) is 6.61 Å². The van der Waals surface area contributed by atoms with Gasteiger partial charge in [0.25, 0.3) is 0 Å². The minimum Gasteiger partial charge on any atom is -0.483 e. The molecule has 1 fully saturated rings. The van der Waals surface area contributed by atoms with Gasteiger partial charge in [0.1, 0.15) is 12.4 Å². The van der Waals surface area contributed by atoms with E-state index < -0.39 is 6.29 Å². The maximum atomic E-state index is 13.5. The topological polar surface area (TPSA) is 60.6 Å². The Kier molecular flexibility index (Phi) is 6.14. The highest BCUT2D eigenvalue weighted by Crippen LogP contribution is 2.31. The van der Waals surface area contributed by atoms with Crippen LogP contribution < -0.4 is 14.9 Å². The van der Waals surface area contributed by atoms with Crippen LogP contribution in [0, 0.1) is 12.7 Å². The second-order valence-corrected chi connectivity index (χ2v) is 7.31. The van der Waals surface area contributed by atoms with E-state index in [1.807, 2.05) is 30.3 Å². The Morgan fingerprint density at radius 1 is 1.10 bits per heavy atom. The second kappa shape index (κ2) is 9.13. The van der Waals surface area contributed by atoms with Crippen LogP contribution in [0.1, 0.15) is 30.4 Å². The van der Waals surface area contributed by atoms with Gasteiger partial charge in [-0.05, 0) is 49.6 Å². The third kappa shape index (κ3) is 4.54. The summed E-state index contributed by atoms with van der Waals surface area (Å²) >= 11 is 0. The van der Waals surface area contributed by atoms with E-state index in [9.17, 15) is 9.18 Å². The van der Waals surface area contributed by atoms with Gasteiger partial charge in [0.15, 0.2) is 5.75 Å². The highest BCUT2D eigenvalue weighted by Gasteiger charge is 2.22. The Morgan fingerprint density at radius 2 is 1.87 bits per heavy atom. The number of aromatic amines is 1. The SMILES string of the molecule is Cc1c(OC2CCCCO2)[nH]c(-c2ccc(F)cc2)c(OCc2ccccc2)c1=O. The molecular formula is C24H24FNO4. The number of aromatic nitrogens is 1. The fourth-order valence-electron chi connectivity index (χ4n) is 3.39. The zero-order valence-electron chi connectivity index (χ0n) is 16.8. The molecule has 1 saturated heterocycles. The average molecular weight is 409 g/mol. The van der Waals surface area contributed by atoms with Gasteiger partial charge in [-0.15, -0.1) is 0 Å². The van der Waals surface area contributed by atoms with Crippen molar-refractivity contribution in [1.29, 1.82) is 0 Å². The van der Waals surface area contributed by atoms with Crippen molar-refractivity contribution in [2.24, 2.45) is 0 Å². The summed E-state index contributed by atoms with van der Waals surface area (Å²) in [6.07, 6.45) is 2.38. The molecule has 0 spiro atoms. The maximum absolute atomic E-state index is 13.5. The standard InChI is InChI=1S/C24H24FNO4/c1-16-22(27)23(29-15-17-7-3-2-4-8-17)21(18-10-12-19(25)13-11-18)26-24(16)30-20-9-5-6-14-28-20/h2-4,7-8,10-13,20H,5-6,9,14-15H2,1H3,(H,26,27). The second-order valence-electron chi connectivity index (χ2n) is 7.31. The predicted molar refractivity (Wildman–Crippen MR) is 112 cm³/mol. The summed E-state index contributed by atoms with van der Waals surface area (Å²) in [4.78, 5) is 16.4. The lowest BCUT2D eigenvalue weighted by Gasteiger charge is -2.24. The fraction of sp³-hybridized carbons (Fsp3) is 0.292. The minimum atomic E-state index is -0.398. The number of benzene rings is 2. The third-order valence-corrected chi connectivity index (χ3v) is 5.10. The minimum absolute atomic E-state index is 0.180. The van der Waals surface area contributed by atoms with E-state index in [4.69, 9.17) is 14.2 Å². The van der Waals surface area contributed by atoms with Crippen LogP contribution >= 0.6 is 0 Å². The van der Waals surface area contributed by atoms with Crippen LogP contribution in [-0.4, -0.2) is 17.9 Å². The third-order valence-electron chi connectivity index (χ3n) is 5.10. The normalized spacial score (nSPS) is 16.3. The van der Waals surface area contributed by atoms with Crippen molar-refractivity contribution in [3.63, 3.8) is 0 Å². The number of hydrogen-bond donors (Lipinski definition) is 1. The molecule has 0 aliphatic carbocycles. The van der Waals surface area contributed by atoms with Crippen molar-refractivity contribution in [3.8, 4) is 22.9 Å². The number of pyridine rings is 1. The lowest BCUT2D eigenvalue weighted by atomic mass is 10.1. The van der Waals surface area contributed by atoms with Gasteiger partial charge in [-0.1, -0.05) is 30.3 Å². The molecule has 0 amide bonds. The molecule has 5 nitrogen and oxygen atoms in total. The molecule has 1 aliphatic heterocycles. The number of halogens is 1. The van der Waals surface area contributed by atoms with Crippen LogP contribution in [0.25, 0.3) is 11.3 Å². The van der Waals surface area contributed by atoms with Crippen molar-refractivity contribution >= 4 is 0 Å². The van der Waals surface area contributed by atoms with Gasteiger partial charge < -0.3 is 19.2 Å². The molecule has 6 heteroatoms. The smallest absolute Gasteiger partial charge is 0.230 e. The van der Waals surface area contributed by atoms with Crippen LogP contribution in [0.2, 0.25) is 0 Å². The van der Waals surface area contributed by atoms with Gasteiger partial charge in [-0.3, -0.25) is 4.79 Å². The van der Waals surface area contributed by atoms with Gasteiger partial charge in [0.05, 0.1) is 17.9 Å². The molecular weight excluding hydrogens is 385 g/mol. The Morgan fingerprint density at radius 3 is 2.57 bits per heavy atom. The predicted octanol–water partition coefficient (Wildman–Crippen LogP) is 4.97. The van der Waals surface area contributed by atoms with Crippen molar-refractivity contribution in [1.82, 2.24) is 4.98 Å². The van der Waals surface area contributed by atoms with E-state index in [0.717, 1.165) is 24.8 Å². The number of nitrogens with one attached hydrogen (secondary N) is 1. The summed E-state index contributed by atoms with van der Waals surface area (Å²) in [5.41, 5.74) is 2.17. The van der Waals surface area contributed by atoms with Gasteiger partial charge in [0, 0.05) is 12.0 Å². The molecule has 0 bridgehead atoms. The van der Waals surface area contributed by atoms with Gasteiger partial charge >= 0.3 is 0 Å². The molecule has 1 unspecified atom stereocenters. The van der Waals surface area contributed by atoms with Crippen molar-refractivity contribution in [3.05, 3.63) is 81.8 Å². The van der Waals surface area contributed by atoms with E-state index in [0.29, 0.717) is 29.3 Å². The molecule has 1 N–H and O–H groups in total. The zero-order valence-corrected chi connectivity index (χ0v) is 16.8. The molecule has 0 radical (unpaired) electrons. The van der Waals surface area contributed by atoms with E-state index in [1.54, 1.807) is 19.1 Å². The van der Waals surface area contributed by atoms with Gasteiger partial charge in [-0.2, -0.15) is 0 Å². The molecule has 0 saturated carbocycles. The Balaban J connectivity index is 1.72. The largest absolute Gasteiger partial charge is 0.483 e. The Hall–Kier alpha value is -3.12. The first-order chi connectivity index (χ1) is 14.6. The number of ether oxygens (including phenoxy) is 3. The molecule has 3 aromatic rings. The van der Waals surface area contributed by atoms with Crippen molar-refractivity contribution in [2.45, 2.75) is 39.1 Å². The van der Waals surface area contributed by atoms with Gasteiger partial charge in [-0.25, -0.2) is 4.39 Å². The zero-order chi connectivity index (χ0) is 20.9. The van der Waals surface area contributed by atoms with Crippen molar-refractivity contribution < 1.29 is 18.6 Å². The summed E-state index contributed by atoms with van der Waals surface area (Å²) < 4.78 is 31.0. The summed E-state index contributed by atoms with van der Waals surface area (Å²) in [6, 6.07) is 15.5. The monoisotopic (exact) mass is 409 g/mol. The van der Waals surface area contributed by atoms with Crippen LogP contribution in [0.15, 0.2) is 59.4 Å². The molecule has 156 valence electrons. The number of H-pyrrole nitrogens is 1. The molecule has 1 aliphatic rings. The first-order valence-electron chi connectivity index (χ1n) is 10.1. The van der Waals surface area contributed by atoms with Crippen LogP contribution in [0.3, 0.4) is 0 Å². The first-order valence-corrected chi connectivity index (χ1v) is 10.1. The molecule has 1 aromatic heterocycles. The summed E-state index contributed by atoms with van der Waals surface area (Å²) in [5.74, 6) is 0.171. The fourth-order valence-corrected chi connectivity index (χ4v) is 3.39. The van der Waals surface area contributed by atoms with Crippen LogP contribution in [0.5, 0.6) is 11.6 Å². The van der Waals surface area contributed by atoms with E-state index in [-0.39, 0.29) is 23.6 Å². The molecule has 4 rings (SSSR count). The number of hydrogen-bond acceptors (Lipinski definition) is 4. The molecule has 1 atom stereocenters. The quantitative estimate of drug-likeness (QED) is 0.624. The van der Waals surface area contributed by atoms with Crippen LogP contribution in [0.4, 0.5) is 4.39 Å². The van der Waals surface area contributed by atoms with E-state index >= 15 is 0 Å². The highest BCUT2D eigenvalue weighted by molar-refractivity contribution is 5.67. The van der Waals surface area contributed by atoms with Gasteiger partial charge in [0.2, 0.25) is 17.6 Å². The van der Waals surface area contributed by atoms with E-state index in [1.165, 1.54) is 12.1 Å². The Labute approximate surface area is 174 Å². The summed E-state index contributed by atoms with van der Waals surface area (Å²) in [6.45, 7) is 2.57. The maximum Gasteiger partial charge on any atom is 0.230 e. The van der Waals surface area contributed by atoms with E-state index in [2.05, 4.69) is 4.98 Å². The average Bonchev–Trinajstić information content (AvgIpc) is 2.78. The van der Waals surface area contributed by atoms with Crippen LogP contribution in [-0.2, 0) is 11.3 Å². The molecule has 2 aromatic carbocycles.